The Bertz CT molecular complexity index is 226. The number of halogens is 1. The quantitative estimate of drug-likeness (QED) is 0.588. The van der Waals surface area contributed by atoms with Crippen LogP contribution in [0.2, 0.25) is 0 Å². The Morgan fingerprint density at radius 3 is 2.73 bits per heavy atom. The molecule has 0 aromatic carbocycles. The molecule has 0 saturated heterocycles. The van der Waals surface area contributed by atoms with Gasteiger partial charge in [0.1, 0.15) is 5.76 Å². The standard InChI is InChI=1S/C9H11ClO/c1-7-5-8(10)3-4-9(6-7)11-2/h3-7H,1-2H3. The Kier molecular flexibility index (Phi) is 2.77. The molecule has 1 aliphatic rings. The molecule has 2 heteroatoms. The Labute approximate surface area is 72.0 Å². The molecule has 1 aliphatic carbocycles. The zero-order valence-corrected chi connectivity index (χ0v) is 7.43. The van der Waals surface area contributed by atoms with Crippen LogP contribution in [-0.4, -0.2) is 7.11 Å². The summed E-state index contributed by atoms with van der Waals surface area (Å²) in [5, 5.41) is 0.765. The summed E-state index contributed by atoms with van der Waals surface area (Å²) in [6, 6.07) is 0. The number of hydrogen-bond acceptors (Lipinski definition) is 1. The van der Waals surface area contributed by atoms with Crippen molar-refractivity contribution in [1.29, 1.82) is 0 Å². The molecule has 0 aromatic rings. The summed E-state index contributed by atoms with van der Waals surface area (Å²) in [6.45, 7) is 2.06. The summed E-state index contributed by atoms with van der Waals surface area (Å²) < 4.78 is 5.07. The van der Waals surface area contributed by atoms with Crippen LogP contribution in [0, 0.1) is 5.92 Å². The molecule has 0 radical (unpaired) electrons. The molecular weight excluding hydrogens is 160 g/mol. The second-order valence-corrected chi connectivity index (χ2v) is 2.95. The lowest BCUT2D eigenvalue weighted by atomic mass is 10.1. The van der Waals surface area contributed by atoms with E-state index in [2.05, 4.69) is 6.92 Å². The van der Waals surface area contributed by atoms with Crippen molar-refractivity contribution in [3.05, 3.63) is 35.1 Å². The van der Waals surface area contributed by atoms with E-state index in [4.69, 9.17) is 16.3 Å². The number of methoxy groups -OCH3 is 1. The van der Waals surface area contributed by atoms with Crippen molar-refractivity contribution in [3.8, 4) is 0 Å². The van der Waals surface area contributed by atoms with Gasteiger partial charge >= 0.3 is 0 Å². The molecule has 0 heterocycles. The van der Waals surface area contributed by atoms with Crippen molar-refractivity contribution in [1.82, 2.24) is 0 Å². The number of allylic oxidation sites excluding steroid dienone is 5. The molecule has 0 amide bonds. The van der Waals surface area contributed by atoms with E-state index >= 15 is 0 Å². The van der Waals surface area contributed by atoms with Gasteiger partial charge in [-0.1, -0.05) is 24.6 Å². The Hall–Kier alpha value is -0.690. The van der Waals surface area contributed by atoms with E-state index in [0.717, 1.165) is 10.8 Å². The number of ether oxygens (including phenoxy) is 1. The fourth-order valence-corrected chi connectivity index (χ4v) is 1.23. The maximum Gasteiger partial charge on any atom is 0.115 e. The van der Waals surface area contributed by atoms with E-state index in [1.54, 1.807) is 7.11 Å². The second-order valence-electron chi connectivity index (χ2n) is 2.52. The number of rotatable bonds is 1. The normalized spacial score (nSPS) is 23.7. The van der Waals surface area contributed by atoms with Crippen molar-refractivity contribution in [2.24, 2.45) is 5.92 Å². The fraction of sp³-hybridized carbons (Fsp3) is 0.333. The summed E-state index contributed by atoms with van der Waals surface area (Å²) in [5.41, 5.74) is 0. The van der Waals surface area contributed by atoms with Crippen LogP contribution in [0.25, 0.3) is 0 Å². The van der Waals surface area contributed by atoms with E-state index in [1.165, 1.54) is 0 Å². The van der Waals surface area contributed by atoms with Crippen LogP contribution in [-0.2, 0) is 4.74 Å². The lowest BCUT2D eigenvalue weighted by Crippen LogP contribution is -1.86. The van der Waals surface area contributed by atoms with Gasteiger partial charge in [-0.25, -0.2) is 0 Å². The third-order valence-electron chi connectivity index (χ3n) is 1.49. The van der Waals surface area contributed by atoms with Crippen molar-refractivity contribution >= 4 is 11.6 Å². The fourth-order valence-electron chi connectivity index (χ4n) is 0.967. The molecule has 1 rings (SSSR count). The monoisotopic (exact) mass is 170 g/mol. The molecule has 1 nitrogen and oxygen atoms in total. The highest BCUT2D eigenvalue weighted by molar-refractivity contribution is 6.31. The maximum atomic E-state index is 5.82. The molecule has 1 unspecified atom stereocenters. The molecule has 0 N–H and O–H groups in total. The van der Waals surface area contributed by atoms with Crippen molar-refractivity contribution in [2.45, 2.75) is 6.92 Å². The first-order valence-electron chi connectivity index (χ1n) is 3.53. The highest BCUT2D eigenvalue weighted by Crippen LogP contribution is 2.17. The van der Waals surface area contributed by atoms with Crippen LogP contribution in [0.5, 0.6) is 0 Å². The zero-order valence-electron chi connectivity index (χ0n) is 6.67. The Morgan fingerprint density at radius 1 is 1.36 bits per heavy atom. The van der Waals surface area contributed by atoms with Crippen molar-refractivity contribution < 1.29 is 4.74 Å². The average molecular weight is 171 g/mol. The van der Waals surface area contributed by atoms with Crippen LogP contribution >= 0.6 is 11.6 Å². The van der Waals surface area contributed by atoms with Gasteiger partial charge < -0.3 is 4.74 Å². The first kappa shape index (κ1) is 8.41. The van der Waals surface area contributed by atoms with Crippen LogP contribution in [0.1, 0.15) is 6.92 Å². The SMILES string of the molecule is COC1=CC(C)C=C(Cl)C=C1. The Morgan fingerprint density at radius 2 is 2.09 bits per heavy atom. The molecule has 0 aliphatic heterocycles. The van der Waals surface area contributed by atoms with Crippen LogP contribution in [0.15, 0.2) is 35.1 Å². The number of hydrogen-bond donors (Lipinski definition) is 0. The van der Waals surface area contributed by atoms with E-state index in [1.807, 2.05) is 24.3 Å². The van der Waals surface area contributed by atoms with Gasteiger partial charge in [-0.15, -0.1) is 0 Å². The molecule has 0 aromatic heterocycles. The van der Waals surface area contributed by atoms with Gasteiger partial charge in [-0.2, -0.15) is 0 Å². The lowest BCUT2D eigenvalue weighted by Gasteiger charge is -2.00. The molecule has 1 atom stereocenters. The molecule has 60 valence electrons. The first-order valence-corrected chi connectivity index (χ1v) is 3.91. The van der Waals surface area contributed by atoms with E-state index in [0.29, 0.717) is 5.92 Å². The molecular formula is C9H11ClO. The summed E-state index contributed by atoms with van der Waals surface area (Å²) in [4.78, 5) is 0. The van der Waals surface area contributed by atoms with E-state index < -0.39 is 0 Å². The molecule has 0 bridgehead atoms. The van der Waals surface area contributed by atoms with Crippen molar-refractivity contribution in [3.63, 3.8) is 0 Å². The highest BCUT2D eigenvalue weighted by atomic mass is 35.5. The van der Waals surface area contributed by atoms with E-state index in [-0.39, 0.29) is 0 Å². The predicted octanol–water partition coefficient (Wildman–Crippen LogP) is 2.85. The third kappa shape index (κ3) is 2.43. The summed E-state index contributed by atoms with van der Waals surface area (Å²) in [6.07, 6.45) is 7.69. The van der Waals surface area contributed by atoms with Crippen LogP contribution < -0.4 is 0 Å². The minimum atomic E-state index is 0.340. The van der Waals surface area contributed by atoms with Gasteiger partial charge in [0.2, 0.25) is 0 Å². The second kappa shape index (κ2) is 3.63. The van der Waals surface area contributed by atoms with Gasteiger partial charge in [-0.3, -0.25) is 0 Å². The summed E-state index contributed by atoms with van der Waals surface area (Å²) in [7, 11) is 1.65. The van der Waals surface area contributed by atoms with Gasteiger partial charge in [-0.05, 0) is 24.1 Å². The molecule has 0 fully saturated rings. The van der Waals surface area contributed by atoms with Gasteiger partial charge in [0, 0.05) is 5.03 Å². The highest BCUT2D eigenvalue weighted by Gasteiger charge is 2.01. The largest absolute Gasteiger partial charge is 0.497 e. The van der Waals surface area contributed by atoms with Crippen molar-refractivity contribution in [2.75, 3.05) is 7.11 Å². The third-order valence-corrected chi connectivity index (χ3v) is 1.74. The Balaban J connectivity index is 2.83. The minimum absolute atomic E-state index is 0.340. The minimum Gasteiger partial charge on any atom is -0.497 e. The van der Waals surface area contributed by atoms with Gasteiger partial charge in [0.25, 0.3) is 0 Å². The average Bonchev–Trinajstić information content (AvgIpc) is 2.11. The smallest absolute Gasteiger partial charge is 0.115 e. The summed E-state index contributed by atoms with van der Waals surface area (Å²) >= 11 is 5.82. The topological polar surface area (TPSA) is 9.23 Å². The van der Waals surface area contributed by atoms with Gasteiger partial charge in [0.05, 0.1) is 7.11 Å². The lowest BCUT2D eigenvalue weighted by molar-refractivity contribution is 0.304. The summed E-state index contributed by atoms with van der Waals surface area (Å²) in [5.74, 6) is 1.21. The predicted molar refractivity (Wildman–Crippen MR) is 47.3 cm³/mol. The molecule has 0 spiro atoms. The molecule has 11 heavy (non-hydrogen) atoms. The van der Waals surface area contributed by atoms with Crippen LogP contribution in [0.3, 0.4) is 0 Å². The maximum absolute atomic E-state index is 5.82. The van der Waals surface area contributed by atoms with Crippen LogP contribution in [0.4, 0.5) is 0 Å². The first-order chi connectivity index (χ1) is 5.22. The van der Waals surface area contributed by atoms with E-state index in [9.17, 15) is 0 Å². The van der Waals surface area contributed by atoms with Gasteiger partial charge in [0.15, 0.2) is 0 Å². The zero-order chi connectivity index (χ0) is 8.27. The molecule has 0 saturated carbocycles.